The van der Waals surface area contributed by atoms with Crippen LogP contribution in [0.5, 0.6) is 0 Å². The van der Waals surface area contributed by atoms with Gasteiger partial charge in [-0.25, -0.2) is 0 Å². The van der Waals surface area contributed by atoms with E-state index in [0.717, 1.165) is 18.5 Å². The first-order valence-corrected chi connectivity index (χ1v) is 7.03. The Bertz CT molecular complexity index is 464. The molecule has 1 aromatic carbocycles. The number of anilines is 2. The van der Waals surface area contributed by atoms with E-state index in [2.05, 4.69) is 6.92 Å². The molecule has 20 heavy (non-hydrogen) atoms. The lowest BCUT2D eigenvalue weighted by atomic mass is 10.1. The zero-order chi connectivity index (χ0) is 14.5. The van der Waals surface area contributed by atoms with Gasteiger partial charge in [-0.3, -0.25) is 4.79 Å². The number of rotatable bonds is 6. The number of ether oxygens (including phenoxy) is 1. The fourth-order valence-corrected chi connectivity index (χ4v) is 2.58. The molecule has 5 nitrogen and oxygen atoms in total. The molecule has 0 aromatic heterocycles. The zero-order valence-electron chi connectivity index (χ0n) is 11.8. The largest absolute Gasteiger partial charge is 0.481 e. The minimum Gasteiger partial charge on any atom is -0.481 e. The van der Waals surface area contributed by atoms with Gasteiger partial charge in [-0.2, -0.15) is 0 Å². The summed E-state index contributed by atoms with van der Waals surface area (Å²) in [5, 5.41) is 8.89. The molecule has 1 aliphatic rings. The highest BCUT2D eigenvalue weighted by atomic mass is 16.5. The van der Waals surface area contributed by atoms with Crippen LogP contribution >= 0.6 is 0 Å². The zero-order valence-corrected chi connectivity index (χ0v) is 11.8. The molecule has 0 aliphatic carbocycles. The maximum atomic E-state index is 10.8. The number of nitrogens with zero attached hydrogens (tertiary/aromatic N) is 1. The van der Waals surface area contributed by atoms with Crippen LogP contribution in [0.3, 0.4) is 0 Å². The second-order valence-electron chi connectivity index (χ2n) is 5.29. The second-order valence-corrected chi connectivity index (χ2v) is 5.29. The number of hydrogen-bond acceptors (Lipinski definition) is 4. The average molecular weight is 278 g/mol. The van der Waals surface area contributed by atoms with Gasteiger partial charge in [-0.15, -0.1) is 0 Å². The van der Waals surface area contributed by atoms with Crippen LogP contribution in [0.2, 0.25) is 0 Å². The monoisotopic (exact) mass is 278 g/mol. The number of carbonyl (C=O) groups is 1. The Morgan fingerprint density at radius 3 is 2.80 bits per heavy atom. The topological polar surface area (TPSA) is 75.8 Å². The summed E-state index contributed by atoms with van der Waals surface area (Å²) in [4.78, 5) is 12.8. The number of hydrogen-bond donors (Lipinski definition) is 2. The van der Waals surface area contributed by atoms with Gasteiger partial charge in [0, 0.05) is 13.1 Å². The smallest absolute Gasteiger partial charge is 0.305 e. The Kier molecular flexibility index (Phi) is 4.84. The summed E-state index contributed by atoms with van der Waals surface area (Å²) in [5.41, 5.74) is 7.56. The molecule has 2 atom stereocenters. The predicted octanol–water partition coefficient (Wildman–Crippen LogP) is 2.12. The molecule has 1 fully saturated rings. The highest BCUT2D eigenvalue weighted by Gasteiger charge is 2.25. The SMILES string of the molecule is CC1CCC(CN(CCC(=O)O)c2ccccc2N)O1. The number of benzene rings is 1. The van der Waals surface area contributed by atoms with E-state index in [4.69, 9.17) is 15.6 Å². The molecular weight excluding hydrogens is 256 g/mol. The van der Waals surface area contributed by atoms with Gasteiger partial charge in [0.05, 0.1) is 30.0 Å². The first-order chi connectivity index (χ1) is 9.56. The van der Waals surface area contributed by atoms with Crippen molar-refractivity contribution >= 4 is 17.3 Å². The summed E-state index contributed by atoms with van der Waals surface area (Å²) in [6.45, 7) is 3.20. The van der Waals surface area contributed by atoms with Gasteiger partial charge in [0.1, 0.15) is 0 Å². The Balaban J connectivity index is 2.08. The van der Waals surface area contributed by atoms with Crippen molar-refractivity contribution in [2.24, 2.45) is 0 Å². The van der Waals surface area contributed by atoms with Crippen LogP contribution in [0.4, 0.5) is 11.4 Å². The summed E-state index contributed by atoms with van der Waals surface area (Å²) in [5.74, 6) is -0.801. The third-order valence-electron chi connectivity index (χ3n) is 3.62. The molecule has 110 valence electrons. The Morgan fingerprint density at radius 2 is 2.20 bits per heavy atom. The molecule has 2 rings (SSSR count). The normalized spacial score (nSPS) is 21.9. The molecule has 1 saturated heterocycles. The van der Waals surface area contributed by atoms with Crippen LogP contribution in [0.15, 0.2) is 24.3 Å². The maximum absolute atomic E-state index is 10.8. The van der Waals surface area contributed by atoms with E-state index >= 15 is 0 Å². The maximum Gasteiger partial charge on any atom is 0.305 e. The minimum atomic E-state index is -0.801. The van der Waals surface area contributed by atoms with Gasteiger partial charge in [-0.05, 0) is 31.9 Å². The molecule has 2 unspecified atom stereocenters. The van der Waals surface area contributed by atoms with Crippen LogP contribution in [-0.4, -0.2) is 36.4 Å². The quantitative estimate of drug-likeness (QED) is 0.779. The standard InChI is InChI=1S/C15H22N2O3/c1-11-6-7-12(20-11)10-17(9-8-15(18)19)14-5-3-2-4-13(14)16/h2-5,11-12H,6-10,16H2,1H3,(H,18,19). The Morgan fingerprint density at radius 1 is 1.45 bits per heavy atom. The Labute approximate surface area is 119 Å². The van der Waals surface area contributed by atoms with Gasteiger partial charge >= 0.3 is 5.97 Å². The first kappa shape index (κ1) is 14.7. The number of nitrogens with two attached hydrogens (primary N) is 1. The van der Waals surface area contributed by atoms with E-state index in [1.807, 2.05) is 29.2 Å². The molecule has 0 saturated carbocycles. The fourth-order valence-electron chi connectivity index (χ4n) is 2.58. The fraction of sp³-hybridized carbons (Fsp3) is 0.533. The van der Waals surface area contributed by atoms with E-state index in [1.165, 1.54) is 0 Å². The van der Waals surface area contributed by atoms with E-state index in [9.17, 15) is 4.79 Å². The molecular formula is C15H22N2O3. The summed E-state index contributed by atoms with van der Waals surface area (Å²) < 4.78 is 5.83. The molecule has 0 amide bonds. The van der Waals surface area contributed by atoms with Crippen LogP contribution in [0, 0.1) is 0 Å². The molecule has 0 bridgehead atoms. The number of aliphatic carboxylic acids is 1. The molecule has 5 heteroatoms. The first-order valence-electron chi connectivity index (χ1n) is 7.03. The number of nitrogen functional groups attached to an aromatic ring is 1. The third-order valence-corrected chi connectivity index (χ3v) is 3.62. The average Bonchev–Trinajstić information content (AvgIpc) is 2.81. The van der Waals surface area contributed by atoms with Crippen LogP contribution < -0.4 is 10.6 Å². The van der Waals surface area contributed by atoms with Crippen molar-refractivity contribution in [2.45, 2.75) is 38.4 Å². The number of para-hydroxylation sites is 2. The van der Waals surface area contributed by atoms with E-state index in [0.29, 0.717) is 18.8 Å². The van der Waals surface area contributed by atoms with E-state index in [1.54, 1.807) is 0 Å². The van der Waals surface area contributed by atoms with Crippen molar-refractivity contribution in [3.63, 3.8) is 0 Å². The summed E-state index contributed by atoms with van der Waals surface area (Å²) in [7, 11) is 0. The van der Waals surface area contributed by atoms with Crippen LogP contribution in [0.1, 0.15) is 26.2 Å². The highest BCUT2D eigenvalue weighted by molar-refractivity contribution is 5.70. The van der Waals surface area contributed by atoms with Gasteiger partial charge in [0.25, 0.3) is 0 Å². The van der Waals surface area contributed by atoms with E-state index < -0.39 is 5.97 Å². The van der Waals surface area contributed by atoms with Gasteiger partial charge in [0.15, 0.2) is 0 Å². The lowest BCUT2D eigenvalue weighted by Crippen LogP contribution is -2.34. The van der Waals surface area contributed by atoms with Gasteiger partial charge in [0.2, 0.25) is 0 Å². The van der Waals surface area contributed by atoms with Crippen molar-refractivity contribution in [1.29, 1.82) is 0 Å². The van der Waals surface area contributed by atoms with Crippen LogP contribution in [0.25, 0.3) is 0 Å². The minimum absolute atomic E-state index is 0.0939. The molecule has 1 heterocycles. The second kappa shape index (κ2) is 6.61. The van der Waals surface area contributed by atoms with Crippen LogP contribution in [-0.2, 0) is 9.53 Å². The molecule has 1 aromatic rings. The van der Waals surface area contributed by atoms with Crippen molar-refractivity contribution in [1.82, 2.24) is 0 Å². The third kappa shape index (κ3) is 3.87. The lowest BCUT2D eigenvalue weighted by Gasteiger charge is -2.28. The van der Waals surface area contributed by atoms with Crippen molar-refractivity contribution in [3.05, 3.63) is 24.3 Å². The molecule has 0 spiro atoms. The molecule has 0 radical (unpaired) electrons. The number of carboxylic acids is 1. The van der Waals surface area contributed by atoms with Gasteiger partial charge < -0.3 is 20.5 Å². The van der Waals surface area contributed by atoms with Gasteiger partial charge in [-0.1, -0.05) is 12.1 Å². The summed E-state index contributed by atoms with van der Waals surface area (Å²) >= 11 is 0. The predicted molar refractivity (Wildman–Crippen MR) is 78.9 cm³/mol. The van der Waals surface area contributed by atoms with Crippen molar-refractivity contribution in [2.75, 3.05) is 23.7 Å². The van der Waals surface area contributed by atoms with Crippen molar-refractivity contribution < 1.29 is 14.6 Å². The number of carboxylic acid groups (broad SMARTS) is 1. The lowest BCUT2D eigenvalue weighted by molar-refractivity contribution is -0.136. The summed E-state index contributed by atoms with van der Waals surface area (Å²) in [6, 6.07) is 7.55. The summed E-state index contributed by atoms with van der Waals surface area (Å²) in [6.07, 6.45) is 2.60. The molecule has 3 N–H and O–H groups in total. The van der Waals surface area contributed by atoms with E-state index in [-0.39, 0.29) is 18.6 Å². The Hall–Kier alpha value is -1.75. The highest BCUT2D eigenvalue weighted by Crippen LogP contribution is 2.26. The van der Waals surface area contributed by atoms with Crippen molar-refractivity contribution in [3.8, 4) is 0 Å². The molecule has 1 aliphatic heterocycles.